The Kier molecular flexibility index (Phi) is 3.46. The van der Waals surface area contributed by atoms with Gasteiger partial charge in [-0.3, -0.25) is 9.78 Å². The first-order valence-corrected chi connectivity index (χ1v) is 7.26. The second kappa shape index (κ2) is 5.31. The number of hydrogen-bond acceptors (Lipinski definition) is 3. The van der Waals surface area contributed by atoms with Gasteiger partial charge in [-0.05, 0) is 36.1 Å². The average molecular weight is 291 g/mol. The predicted molar refractivity (Wildman–Crippen MR) is 84.8 cm³/mol. The first-order valence-electron chi connectivity index (χ1n) is 7.26. The van der Waals surface area contributed by atoms with Crippen LogP contribution in [0.4, 0.5) is 0 Å². The molecule has 0 saturated heterocycles. The van der Waals surface area contributed by atoms with Gasteiger partial charge in [-0.25, -0.2) is 0 Å². The van der Waals surface area contributed by atoms with Gasteiger partial charge in [0.15, 0.2) is 5.78 Å². The summed E-state index contributed by atoms with van der Waals surface area (Å²) in [4.78, 5) is 16.7. The number of nitrogens with zero attached hydrogens (tertiary/aromatic N) is 1. The molecule has 3 nitrogen and oxygen atoms in total. The van der Waals surface area contributed by atoms with E-state index in [0.29, 0.717) is 12.0 Å². The standard InChI is InChI=1S/C19H17NO2/c1-19(2)10-17-16(18(22)11-19)9-14(12-20-17)7-6-13-4-3-5-15(21)8-13/h3-5,8-9,12,21H,10-11H2,1-2H3. The number of hydrogen-bond donors (Lipinski definition) is 1. The van der Waals surface area contributed by atoms with Gasteiger partial charge in [0.05, 0.1) is 5.69 Å². The van der Waals surface area contributed by atoms with Crippen molar-refractivity contribution in [2.75, 3.05) is 0 Å². The van der Waals surface area contributed by atoms with Gasteiger partial charge in [-0.2, -0.15) is 0 Å². The summed E-state index contributed by atoms with van der Waals surface area (Å²) >= 11 is 0. The molecule has 1 aromatic carbocycles. The van der Waals surface area contributed by atoms with Gasteiger partial charge in [-0.1, -0.05) is 31.8 Å². The van der Waals surface area contributed by atoms with Gasteiger partial charge in [0.2, 0.25) is 0 Å². The van der Waals surface area contributed by atoms with Crippen LogP contribution < -0.4 is 0 Å². The van der Waals surface area contributed by atoms with Crippen LogP contribution in [0.3, 0.4) is 0 Å². The molecule has 1 heterocycles. The molecule has 22 heavy (non-hydrogen) atoms. The monoisotopic (exact) mass is 291 g/mol. The number of fused-ring (bicyclic) bond motifs is 1. The quantitative estimate of drug-likeness (QED) is 0.757. The molecule has 0 aliphatic heterocycles. The maximum Gasteiger partial charge on any atom is 0.165 e. The molecule has 1 aliphatic rings. The van der Waals surface area contributed by atoms with Gasteiger partial charge < -0.3 is 5.11 Å². The molecule has 0 fully saturated rings. The second-order valence-corrected chi connectivity index (χ2v) is 6.46. The molecule has 1 aromatic heterocycles. The van der Waals surface area contributed by atoms with Crippen molar-refractivity contribution in [3.05, 3.63) is 58.9 Å². The topological polar surface area (TPSA) is 50.2 Å². The van der Waals surface area contributed by atoms with E-state index in [1.807, 2.05) is 12.1 Å². The predicted octanol–water partition coefficient (Wildman–Crippen LogP) is 3.34. The lowest BCUT2D eigenvalue weighted by atomic mass is 9.75. The molecule has 0 unspecified atom stereocenters. The van der Waals surface area contributed by atoms with Crippen molar-refractivity contribution in [1.29, 1.82) is 0 Å². The van der Waals surface area contributed by atoms with Crippen molar-refractivity contribution in [2.24, 2.45) is 5.41 Å². The maximum atomic E-state index is 12.3. The number of aromatic hydroxyl groups is 1. The number of ketones is 1. The van der Waals surface area contributed by atoms with Crippen LogP contribution in [0.5, 0.6) is 5.75 Å². The zero-order chi connectivity index (χ0) is 15.7. The van der Waals surface area contributed by atoms with Crippen molar-refractivity contribution in [3.8, 4) is 17.6 Å². The molecule has 3 heteroatoms. The molecular formula is C19H17NO2. The molecule has 0 atom stereocenters. The highest BCUT2D eigenvalue weighted by Gasteiger charge is 2.31. The number of benzene rings is 1. The van der Waals surface area contributed by atoms with E-state index in [2.05, 4.69) is 30.7 Å². The van der Waals surface area contributed by atoms with Crippen molar-refractivity contribution >= 4 is 5.78 Å². The van der Waals surface area contributed by atoms with E-state index < -0.39 is 0 Å². The lowest BCUT2D eigenvalue weighted by molar-refractivity contribution is 0.0910. The molecule has 0 bridgehead atoms. The maximum absolute atomic E-state index is 12.3. The van der Waals surface area contributed by atoms with Gasteiger partial charge >= 0.3 is 0 Å². The Balaban J connectivity index is 1.92. The van der Waals surface area contributed by atoms with Gasteiger partial charge in [0.1, 0.15) is 5.75 Å². The van der Waals surface area contributed by atoms with Crippen LogP contribution in [-0.4, -0.2) is 15.9 Å². The van der Waals surface area contributed by atoms with E-state index in [4.69, 9.17) is 0 Å². The molecule has 2 aromatic rings. The fourth-order valence-electron chi connectivity index (χ4n) is 2.72. The summed E-state index contributed by atoms with van der Waals surface area (Å²) in [5.74, 6) is 6.31. The first-order chi connectivity index (χ1) is 10.4. The van der Waals surface area contributed by atoms with Gasteiger partial charge in [-0.15, -0.1) is 0 Å². The van der Waals surface area contributed by atoms with Gasteiger partial charge in [0.25, 0.3) is 0 Å². The Morgan fingerprint density at radius 1 is 1.14 bits per heavy atom. The van der Waals surface area contributed by atoms with Crippen LogP contribution in [0.15, 0.2) is 36.5 Å². The summed E-state index contributed by atoms with van der Waals surface area (Å²) in [6.07, 6.45) is 3.07. The molecule has 0 saturated carbocycles. The van der Waals surface area contributed by atoms with E-state index >= 15 is 0 Å². The largest absolute Gasteiger partial charge is 0.508 e. The highest BCUT2D eigenvalue weighted by atomic mass is 16.3. The summed E-state index contributed by atoms with van der Waals surface area (Å²) in [7, 11) is 0. The van der Waals surface area contributed by atoms with Crippen molar-refractivity contribution in [1.82, 2.24) is 4.98 Å². The minimum absolute atomic E-state index is 0.0220. The number of carbonyl (C=O) groups is 1. The van der Waals surface area contributed by atoms with Crippen molar-refractivity contribution in [3.63, 3.8) is 0 Å². The normalized spacial score (nSPS) is 15.6. The SMILES string of the molecule is CC1(C)CC(=O)c2cc(C#Cc3cccc(O)c3)cnc2C1. The van der Waals surface area contributed by atoms with Crippen LogP contribution in [0, 0.1) is 17.3 Å². The summed E-state index contributed by atoms with van der Waals surface area (Å²) in [5, 5.41) is 9.43. The molecule has 1 aliphatic carbocycles. The second-order valence-electron chi connectivity index (χ2n) is 6.46. The number of Topliss-reactive ketones (excluding diaryl/α,β-unsaturated/α-hetero) is 1. The Bertz CT molecular complexity index is 810. The molecule has 110 valence electrons. The Labute approximate surface area is 130 Å². The van der Waals surface area contributed by atoms with Crippen LogP contribution in [-0.2, 0) is 6.42 Å². The third-order valence-corrected chi connectivity index (χ3v) is 3.75. The molecule has 0 amide bonds. The first kappa shape index (κ1) is 14.3. The summed E-state index contributed by atoms with van der Waals surface area (Å²) in [6.45, 7) is 4.18. The van der Waals surface area contributed by atoms with Crippen LogP contribution in [0.2, 0.25) is 0 Å². The van der Waals surface area contributed by atoms with E-state index in [9.17, 15) is 9.90 Å². The highest BCUT2D eigenvalue weighted by molar-refractivity contribution is 5.98. The average Bonchev–Trinajstić information content (AvgIpc) is 2.44. The van der Waals surface area contributed by atoms with Gasteiger partial charge in [0, 0.05) is 29.3 Å². The highest BCUT2D eigenvalue weighted by Crippen LogP contribution is 2.33. The van der Waals surface area contributed by atoms with E-state index in [0.717, 1.165) is 23.2 Å². The van der Waals surface area contributed by atoms with E-state index in [1.54, 1.807) is 24.4 Å². The number of phenolic OH excluding ortho intramolecular Hbond substituents is 1. The third-order valence-electron chi connectivity index (χ3n) is 3.75. The van der Waals surface area contributed by atoms with Crippen LogP contribution in [0.25, 0.3) is 0 Å². The number of aromatic nitrogens is 1. The lowest BCUT2D eigenvalue weighted by Gasteiger charge is -2.29. The molecular weight excluding hydrogens is 274 g/mol. The minimum Gasteiger partial charge on any atom is -0.508 e. The van der Waals surface area contributed by atoms with Crippen molar-refractivity contribution in [2.45, 2.75) is 26.7 Å². The van der Waals surface area contributed by atoms with Crippen molar-refractivity contribution < 1.29 is 9.90 Å². The minimum atomic E-state index is -0.0220. The fraction of sp³-hybridized carbons (Fsp3) is 0.263. The zero-order valence-corrected chi connectivity index (χ0v) is 12.7. The number of carbonyl (C=O) groups excluding carboxylic acids is 1. The smallest absolute Gasteiger partial charge is 0.165 e. The Morgan fingerprint density at radius 2 is 1.91 bits per heavy atom. The third kappa shape index (κ3) is 3.01. The summed E-state index contributed by atoms with van der Waals surface area (Å²) in [6, 6.07) is 8.61. The molecule has 3 rings (SSSR count). The lowest BCUT2D eigenvalue weighted by Crippen LogP contribution is -2.27. The number of rotatable bonds is 0. The number of pyridine rings is 1. The summed E-state index contributed by atoms with van der Waals surface area (Å²) in [5.41, 5.74) is 2.98. The van der Waals surface area contributed by atoms with Crippen LogP contribution in [0.1, 0.15) is 47.4 Å². The summed E-state index contributed by atoms with van der Waals surface area (Å²) < 4.78 is 0. The van der Waals surface area contributed by atoms with E-state index in [1.165, 1.54) is 0 Å². The Hall–Kier alpha value is -2.60. The fourth-order valence-corrected chi connectivity index (χ4v) is 2.72. The Morgan fingerprint density at radius 3 is 2.68 bits per heavy atom. The zero-order valence-electron chi connectivity index (χ0n) is 12.7. The molecule has 1 N–H and O–H groups in total. The van der Waals surface area contributed by atoms with Crippen LogP contribution >= 0.6 is 0 Å². The number of phenols is 1. The van der Waals surface area contributed by atoms with E-state index in [-0.39, 0.29) is 16.9 Å². The molecule has 0 radical (unpaired) electrons. The molecule has 0 spiro atoms.